The van der Waals surface area contributed by atoms with Crippen molar-refractivity contribution >= 4 is 0 Å². The van der Waals surface area contributed by atoms with Crippen LogP contribution in [0.3, 0.4) is 0 Å². The van der Waals surface area contributed by atoms with Gasteiger partial charge in [-0.15, -0.1) is 0 Å². The summed E-state index contributed by atoms with van der Waals surface area (Å²) >= 11 is 0. The van der Waals surface area contributed by atoms with Crippen molar-refractivity contribution in [1.82, 2.24) is 4.90 Å². The lowest BCUT2D eigenvalue weighted by molar-refractivity contribution is -0.0254. The number of hydrogen-bond acceptors (Lipinski definition) is 3. The first-order valence-corrected chi connectivity index (χ1v) is 6.48. The van der Waals surface area contributed by atoms with Gasteiger partial charge in [-0.1, -0.05) is 13.8 Å². The first kappa shape index (κ1) is 15.9. The molecule has 0 aromatic heterocycles. The molecule has 98 valence electrons. The zero-order chi connectivity index (χ0) is 12.6. The Morgan fingerprint density at radius 3 is 1.44 bits per heavy atom. The third kappa shape index (κ3) is 7.20. The van der Waals surface area contributed by atoms with E-state index >= 15 is 0 Å². The van der Waals surface area contributed by atoms with Gasteiger partial charge in [0.05, 0.1) is 31.5 Å². The van der Waals surface area contributed by atoms with Crippen molar-refractivity contribution in [2.45, 2.75) is 59.8 Å². The average Bonchev–Trinajstić information content (AvgIpc) is 2.22. The minimum Gasteiger partial charge on any atom is -0.377 e. The van der Waals surface area contributed by atoms with Crippen LogP contribution in [0, 0.1) is 0 Å². The van der Waals surface area contributed by atoms with Crippen LogP contribution in [-0.4, -0.2) is 49.5 Å². The fourth-order valence-corrected chi connectivity index (χ4v) is 1.61. The highest BCUT2D eigenvalue weighted by atomic mass is 16.5. The van der Waals surface area contributed by atoms with E-state index in [1.54, 1.807) is 0 Å². The lowest BCUT2D eigenvalue weighted by atomic mass is 10.2. The van der Waals surface area contributed by atoms with E-state index in [-0.39, 0.29) is 12.2 Å². The molecule has 0 bridgehead atoms. The minimum absolute atomic E-state index is 0.289. The van der Waals surface area contributed by atoms with Crippen molar-refractivity contribution in [2.24, 2.45) is 0 Å². The molecule has 0 radical (unpaired) electrons. The van der Waals surface area contributed by atoms with Gasteiger partial charge in [-0.3, -0.25) is 4.90 Å². The molecule has 0 aliphatic carbocycles. The number of hydrogen-bond donors (Lipinski definition) is 0. The molecule has 16 heavy (non-hydrogen) atoms. The lowest BCUT2D eigenvalue weighted by Crippen LogP contribution is -2.42. The van der Waals surface area contributed by atoms with Crippen LogP contribution in [0.2, 0.25) is 0 Å². The molecule has 0 aliphatic heterocycles. The molecule has 0 N–H and O–H groups in total. The Labute approximate surface area is 101 Å². The van der Waals surface area contributed by atoms with Crippen LogP contribution >= 0.6 is 0 Å². The van der Waals surface area contributed by atoms with Crippen LogP contribution in [0.4, 0.5) is 0 Å². The maximum atomic E-state index is 5.70. The second-order valence-electron chi connectivity index (χ2n) is 4.64. The van der Waals surface area contributed by atoms with E-state index in [9.17, 15) is 0 Å². The van der Waals surface area contributed by atoms with Gasteiger partial charge < -0.3 is 9.47 Å². The topological polar surface area (TPSA) is 21.7 Å². The number of ether oxygens (including phenoxy) is 2. The molecule has 0 amide bonds. The van der Waals surface area contributed by atoms with Crippen LogP contribution < -0.4 is 0 Å². The summed E-state index contributed by atoms with van der Waals surface area (Å²) in [5.74, 6) is 0. The number of likely N-dealkylation sites (N-methyl/N-ethyl adjacent to an activating group) is 1. The summed E-state index contributed by atoms with van der Waals surface area (Å²) in [6.07, 6.45) is 0.578. The third-order valence-electron chi connectivity index (χ3n) is 2.57. The van der Waals surface area contributed by atoms with Gasteiger partial charge in [-0.2, -0.15) is 0 Å². The van der Waals surface area contributed by atoms with Crippen molar-refractivity contribution < 1.29 is 9.47 Å². The van der Waals surface area contributed by atoms with Crippen molar-refractivity contribution in [3.63, 3.8) is 0 Å². The highest BCUT2D eigenvalue weighted by Gasteiger charge is 2.17. The molecule has 0 saturated heterocycles. The highest BCUT2D eigenvalue weighted by molar-refractivity contribution is 4.69. The largest absolute Gasteiger partial charge is 0.377 e. The second kappa shape index (κ2) is 8.97. The van der Waals surface area contributed by atoms with Crippen LogP contribution in [0.1, 0.15) is 41.5 Å². The van der Waals surface area contributed by atoms with Gasteiger partial charge >= 0.3 is 0 Å². The molecular formula is C13H29NO2. The summed E-state index contributed by atoms with van der Waals surface area (Å²) in [7, 11) is 0. The smallest absolute Gasteiger partial charge is 0.0647 e. The summed E-state index contributed by atoms with van der Waals surface area (Å²) in [5, 5.41) is 0. The number of nitrogens with zero attached hydrogens (tertiary/aromatic N) is 1. The van der Waals surface area contributed by atoms with Gasteiger partial charge in [0.2, 0.25) is 0 Å². The summed E-state index contributed by atoms with van der Waals surface area (Å²) in [5.41, 5.74) is 0. The summed E-state index contributed by atoms with van der Waals surface area (Å²) in [6, 6.07) is 0.375. The Bertz CT molecular complexity index is 144. The Hall–Kier alpha value is -0.120. The van der Waals surface area contributed by atoms with Crippen LogP contribution in [0.5, 0.6) is 0 Å². The van der Waals surface area contributed by atoms with Gasteiger partial charge in [-0.25, -0.2) is 0 Å². The predicted octanol–water partition coefficient (Wildman–Crippen LogP) is 2.55. The molecule has 0 rings (SSSR count). The van der Waals surface area contributed by atoms with Crippen LogP contribution in [0.25, 0.3) is 0 Å². The average molecular weight is 231 g/mol. The molecule has 0 aliphatic rings. The summed E-state index contributed by atoms with van der Waals surface area (Å²) in [6.45, 7) is 16.3. The molecule has 0 unspecified atom stereocenters. The van der Waals surface area contributed by atoms with Gasteiger partial charge in [0.1, 0.15) is 0 Å². The maximum absolute atomic E-state index is 5.70. The second-order valence-corrected chi connectivity index (χ2v) is 4.64. The minimum atomic E-state index is 0.289. The zero-order valence-electron chi connectivity index (χ0n) is 11.8. The normalized spacial score (nSPS) is 12.4. The van der Waals surface area contributed by atoms with Crippen molar-refractivity contribution in [1.29, 1.82) is 0 Å². The van der Waals surface area contributed by atoms with Gasteiger partial charge in [-0.05, 0) is 40.8 Å². The Kier molecular flexibility index (Phi) is 8.90. The van der Waals surface area contributed by atoms with E-state index in [0.717, 1.165) is 26.3 Å². The summed E-state index contributed by atoms with van der Waals surface area (Å²) < 4.78 is 11.4. The quantitative estimate of drug-likeness (QED) is 0.609. The van der Waals surface area contributed by atoms with Gasteiger partial charge in [0.15, 0.2) is 0 Å². The van der Waals surface area contributed by atoms with Gasteiger partial charge in [0.25, 0.3) is 0 Å². The first-order valence-electron chi connectivity index (χ1n) is 6.48. The predicted molar refractivity (Wildman–Crippen MR) is 68.9 cm³/mol. The fraction of sp³-hybridized carbons (Fsp3) is 1.00. The molecule has 0 saturated carbocycles. The van der Waals surface area contributed by atoms with E-state index < -0.39 is 0 Å². The van der Waals surface area contributed by atoms with Crippen LogP contribution in [0.15, 0.2) is 0 Å². The van der Waals surface area contributed by atoms with E-state index in [0.29, 0.717) is 6.04 Å². The van der Waals surface area contributed by atoms with Gasteiger partial charge in [0, 0.05) is 0 Å². The summed E-state index contributed by atoms with van der Waals surface area (Å²) in [4.78, 5) is 2.39. The molecule has 0 spiro atoms. The fourth-order valence-electron chi connectivity index (χ4n) is 1.61. The molecule has 3 heteroatoms. The first-order chi connectivity index (χ1) is 7.51. The van der Waals surface area contributed by atoms with Crippen molar-refractivity contribution in [3.05, 3.63) is 0 Å². The molecule has 0 atom stereocenters. The SMILES string of the molecule is CCN(CC)C(COC(C)C)COC(C)C. The van der Waals surface area contributed by atoms with Crippen LogP contribution in [-0.2, 0) is 9.47 Å². The van der Waals surface area contributed by atoms with E-state index in [2.05, 4.69) is 46.4 Å². The van der Waals surface area contributed by atoms with E-state index in [1.165, 1.54) is 0 Å². The maximum Gasteiger partial charge on any atom is 0.0647 e. The molecule has 0 aromatic rings. The lowest BCUT2D eigenvalue weighted by Gasteiger charge is -2.30. The van der Waals surface area contributed by atoms with Crippen molar-refractivity contribution in [2.75, 3.05) is 26.3 Å². The standard InChI is InChI=1S/C13H29NO2/c1-7-14(8-2)13(9-15-11(3)4)10-16-12(5)6/h11-13H,7-10H2,1-6H3. The number of rotatable bonds is 9. The Morgan fingerprint density at radius 1 is 0.812 bits per heavy atom. The monoisotopic (exact) mass is 231 g/mol. The Balaban J connectivity index is 4.13. The van der Waals surface area contributed by atoms with Crippen molar-refractivity contribution in [3.8, 4) is 0 Å². The molecule has 0 fully saturated rings. The molecule has 0 heterocycles. The zero-order valence-corrected chi connectivity index (χ0v) is 11.8. The Morgan fingerprint density at radius 2 is 1.19 bits per heavy atom. The highest BCUT2D eigenvalue weighted by Crippen LogP contribution is 2.04. The molecule has 3 nitrogen and oxygen atoms in total. The molecule has 0 aromatic carbocycles. The van der Waals surface area contributed by atoms with E-state index in [1.807, 2.05) is 0 Å². The molecular weight excluding hydrogens is 202 g/mol. The van der Waals surface area contributed by atoms with E-state index in [4.69, 9.17) is 9.47 Å². The third-order valence-corrected chi connectivity index (χ3v) is 2.57.